The number of hydrogen-bond donors (Lipinski definition) is 0. The molecule has 2 aliphatic rings. The first-order valence-electron chi connectivity index (χ1n) is 6.71. The molecule has 5 nitrogen and oxygen atoms in total. The zero-order valence-electron chi connectivity index (χ0n) is 10.7. The Balaban J connectivity index is 1.53. The zero-order valence-corrected chi connectivity index (χ0v) is 10.7. The Labute approximate surface area is 113 Å². The van der Waals surface area contributed by atoms with Crippen LogP contribution in [0.2, 0.25) is 0 Å². The topological polar surface area (TPSA) is 57.4 Å². The van der Waals surface area contributed by atoms with Crippen molar-refractivity contribution in [1.29, 1.82) is 0 Å². The highest BCUT2D eigenvalue weighted by Crippen LogP contribution is 2.41. The quantitative estimate of drug-likeness (QED) is 0.856. The van der Waals surface area contributed by atoms with Crippen molar-refractivity contribution in [3.63, 3.8) is 0 Å². The molecule has 8 heteroatoms. The summed E-state index contributed by atoms with van der Waals surface area (Å²) in [4.78, 5) is 0. The van der Waals surface area contributed by atoms with E-state index in [1.807, 2.05) is 0 Å². The van der Waals surface area contributed by atoms with Crippen molar-refractivity contribution >= 4 is 0 Å². The highest BCUT2D eigenvalue weighted by atomic mass is 19.4. The maximum atomic E-state index is 12.0. The summed E-state index contributed by atoms with van der Waals surface area (Å²) in [5.74, 6) is 0.670. The van der Waals surface area contributed by atoms with Crippen molar-refractivity contribution in [2.24, 2.45) is 0 Å². The molecule has 2 heterocycles. The van der Waals surface area contributed by atoms with Crippen molar-refractivity contribution in [1.82, 2.24) is 10.2 Å². The second kappa shape index (κ2) is 5.33. The maximum absolute atomic E-state index is 12.0. The molecule has 0 amide bonds. The van der Waals surface area contributed by atoms with Crippen LogP contribution in [0.4, 0.5) is 13.2 Å². The molecule has 2 fully saturated rings. The third kappa shape index (κ3) is 3.12. The molecule has 3 rings (SSSR count). The number of ether oxygens (including phenoxy) is 2. The minimum Gasteiger partial charge on any atom is -0.422 e. The Morgan fingerprint density at radius 1 is 1.10 bits per heavy atom. The van der Waals surface area contributed by atoms with Gasteiger partial charge in [-0.1, -0.05) is 0 Å². The highest BCUT2D eigenvalue weighted by molar-refractivity contribution is 5.01. The Kier molecular flexibility index (Phi) is 3.68. The van der Waals surface area contributed by atoms with Crippen LogP contribution in [0.25, 0.3) is 0 Å². The van der Waals surface area contributed by atoms with Gasteiger partial charge in [0.25, 0.3) is 0 Å². The van der Waals surface area contributed by atoms with Crippen LogP contribution in [0, 0.1) is 0 Å². The van der Waals surface area contributed by atoms with E-state index < -0.39 is 12.5 Å². The summed E-state index contributed by atoms with van der Waals surface area (Å²) in [6.07, 6.45) is -2.13. The van der Waals surface area contributed by atoms with E-state index >= 15 is 0 Å². The molecule has 0 radical (unpaired) electrons. The second-order valence-electron chi connectivity index (χ2n) is 5.19. The van der Waals surface area contributed by atoms with Crippen LogP contribution in [0.5, 0.6) is 0 Å². The van der Waals surface area contributed by atoms with E-state index in [4.69, 9.17) is 9.15 Å². The summed E-state index contributed by atoms with van der Waals surface area (Å²) in [6, 6.07) is 0. The lowest BCUT2D eigenvalue weighted by molar-refractivity contribution is -0.352. The van der Waals surface area contributed by atoms with Gasteiger partial charge in [0, 0.05) is 12.5 Å². The number of rotatable bonds is 3. The normalized spacial score (nSPS) is 31.1. The fraction of sp³-hybridized carbons (Fsp3) is 0.833. The summed E-state index contributed by atoms with van der Waals surface area (Å²) < 4.78 is 51.0. The molecular formula is C12H15F3N2O3. The van der Waals surface area contributed by atoms with E-state index in [2.05, 4.69) is 14.9 Å². The van der Waals surface area contributed by atoms with Gasteiger partial charge in [-0.25, -0.2) is 0 Å². The predicted molar refractivity (Wildman–Crippen MR) is 59.7 cm³/mol. The summed E-state index contributed by atoms with van der Waals surface area (Å²) in [7, 11) is 0. The van der Waals surface area contributed by atoms with Gasteiger partial charge in [-0.05, 0) is 32.1 Å². The number of nitrogens with zero attached hydrogens (tertiary/aromatic N) is 2. The smallest absolute Gasteiger partial charge is 0.422 e. The number of hydrogen-bond acceptors (Lipinski definition) is 5. The molecule has 1 aliphatic heterocycles. The van der Waals surface area contributed by atoms with E-state index in [9.17, 15) is 13.2 Å². The first kappa shape index (κ1) is 13.8. The Bertz CT molecular complexity index is 451. The van der Waals surface area contributed by atoms with Gasteiger partial charge in [-0.15, -0.1) is 23.4 Å². The summed E-state index contributed by atoms with van der Waals surface area (Å²) in [6.45, 7) is 0.674. The molecular weight excluding hydrogens is 277 g/mol. The van der Waals surface area contributed by atoms with Crippen LogP contribution in [0.15, 0.2) is 4.42 Å². The Hall–Kier alpha value is -1.15. The highest BCUT2D eigenvalue weighted by Gasteiger charge is 2.42. The van der Waals surface area contributed by atoms with Crippen LogP contribution >= 0.6 is 0 Å². The molecule has 1 aromatic heterocycles. The molecule has 112 valence electrons. The molecule has 0 N–H and O–H groups in total. The van der Waals surface area contributed by atoms with Gasteiger partial charge < -0.3 is 9.15 Å². The van der Waals surface area contributed by atoms with E-state index in [1.54, 1.807) is 0 Å². The molecule has 1 saturated carbocycles. The fourth-order valence-electron chi connectivity index (χ4n) is 2.53. The lowest BCUT2D eigenvalue weighted by Crippen LogP contribution is -2.34. The van der Waals surface area contributed by atoms with Crippen molar-refractivity contribution in [2.45, 2.75) is 56.6 Å². The van der Waals surface area contributed by atoms with E-state index in [1.165, 1.54) is 0 Å². The second-order valence-corrected chi connectivity index (χ2v) is 5.19. The number of halogens is 3. The minimum atomic E-state index is -4.58. The summed E-state index contributed by atoms with van der Waals surface area (Å²) >= 11 is 0. The fourth-order valence-corrected chi connectivity index (χ4v) is 2.53. The molecule has 0 bridgehead atoms. The van der Waals surface area contributed by atoms with Gasteiger partial charge in [0.05, 0.1) is 6.10 Å². The van der Waals surface area contributed by atoms with Crippen molar-refractivity contribution in [3.05, 3.63) is 11.8 Å². The van der Waals surface area contributed by atoms with Crippen LogP contribution in [0.3, 0.4) is 0 Å². The first-order chi connectivity index (χ1) is 9.51. The lowest BCUT2D eigenvalue weighted by atomic mass is 9.82. The van der Waals surface area contributed by atoms with Crippen LogP contribution in [0.1, 0.15) is 55.9 Å². The molecule has 20 heavy (non-hydrogen) atoms. The lowest BCUT2D eigenvalue weighted by Gasteiger charge is -2.32. The molecule has 1 atom stereocenters. The Morgan fingerprint density at radius 2 is 1.85 bits per heavy atom. The third-order valence-electron chi connectivity index (χ3n) is 3.66. The van der Waals surface area contributed by atoms with Crippen LogP contribution in [-0.2, 0) is 9.47 Å². The van der Waals surface area contributed by atoms with E-state index in [0.29, 0.717) is 18.4 Å². The van der Waals surface area contributed by atoms with Gasteiger partial charge >= 0.3 is 6.36 Å². The number of aromatic nitrogens is 2. The van der Waals surface area contributed by atoms with Gasteiger partial charge in [0.2, 0.25) is 11.8 Å². The third-order valence-corrected chi connectivity index (χ3v) is 3.66. The van der Waals surface area contributed by atoms with Gasteiger partial charge in [0.15, 0.2) is 0 Å². The summed E-state index contributed by atoms with van der Waals surface area (Å²) in [5, 5.41) is 7.85. The van der Waals surface area contributed by atoms with E-state index in [-0.39, 0.29) is 24.9 Å². The SMILES string of the molecule is FC(F)(F)OC1CC(c2nnc(C3CCCCO3)o2)C1. The average Bonchev–Trinajstić information content (AvgIpc) is 2.82. The molecule has 1 saturated heterocycles. The minimum absolute atomic E-state index is 0.146. The number of alkyl halides is 3. The average molecular weight is 292 g/mol. The van der Waals surface area contributed by atoms with Gasteiger partial charge in [0.1, 0.15) is 6.10 Å². The standard InChI is InChI=1S/C12H15F3N2O3/c13-12(14,15)20-8-5-7(6-8)10-16-17-11(19-10)9-3-1-2-4-18-9/h7-9H,1-6H2. The van der Waals surface area contributed by atoms with Crippen molar-refractivity contribution < 1.29 is 27.1 Å². The molecule has 1 aliphatic carbocycles. The molecule has 0 aromatic carbocycles. The van der Waals surface area contributed by atoms with Crippen LogP contribution < -0.4 is 0 Å². The first-order valence-corrected chi connectivity index (χ1v) is 6.71. The van der Waals surface area contributed by atoms with E-state index in [0.717, 1.165) is 19.3 Å². The summed E-state index contributed by atoms with van der Waals surface area (Å²) in [5.41, 5.74) is 0. The molecule has 1 unspecified atom stereocenters. The zero-order chi connectivity index (χ0) is 14.2. The maximum Gasteiger partial charge on any atom is 0.522 e. The molecule has 1 aromatic rings. The van der Waals surface area contributed by atoms with Crippen molar-refractivity contribution in [3.8, 4) is 0 Å². The molecule has 0 spiro atoms. The van der Waals surface area contributed by atoms with Gasteiger partial charge in [-0.3, -0.25) is 4.74 Å². The van der Waals surface area contributed by atoms with Gasteiger partial charge in [-0.2, -0.15) is 0 Å². The largest absolute Gasteiger partial charge is 0.522 e. The van der Waals surface area contributed by atoms with Crippen molar-refractivity contribution in [2.75, 3.05) is 6.61 Å². The van der Waals surface area contributed by atoms with Crippen LogP contribution in [-0.4, -0.2) is 29.3 Å². The Morgan fingerprint density at radius 3 is 2.50 bits per heavy atom. The monoisotopic (exact) mass is 292 g/mol. The predicted octanol–water partition coefficient (Wildman–Crippen LogP) is 3.09.